The maximum atomic E-state index is 13.5. The van der Waals surface area contributed by atoms with Crippen molar-refractivity contribution in [3.05, 3.63) is 108 Å². The molecule has 0 atom stereocenters. The SMILES string of the molecule is COc1cccc(-c2ccc(N3CCCN(C(=O)CN(Cc4ccccc4)C(=O)c4ccccc4)CC3)nn2)c1. The van der Waals surface area contributed by atoms with Crippen LogP contribution >= 0.6 is 0 Å². The van der Waals surface area contributed by atoms with Gasteiger partial charge in [-0.25, -0.2) is 0 Å². The van der Waals surface area contributed by atoms with E-state index in [4.69, 9.17) is 4.74 Å². The van der Waals surface area contributed by atoms with Gasteiger partial charge in [0.15, 0.2) is 5.82 Å². The third kappa shape index (κ3) is 6.64. The molecule has 1 fully saturated rings. The van der Waals surface area contributed by atoms with Crippen molar-refractivity contribution in [1.29, 1.82) is 0 Å². The molecule has 1 aliphatic heterocycles. The summed E-state index contributed by atoms with van der Waals surface area (Å²) in [5.41, 5.74) is 3.27. The van der Waals surface area contributed by atoms with Gasteiger partial charge in [0, 0.05) is 43.9 Å². The summed E-state index contributed by atoms with van der Waals surface area (Å²) in [7, 11) is 1.64. The lowest BCUT2D eigenvalue weighted by molar-refractivity contribution is -0.131. The number of amides is 2. The summed E-state index contributed by atoms with van der Waals surface area (Å²) in [5, 5.41) is 8.92. The van der Waals surface area contributed by atoms with E-state index < -0.39 is 0 Å². The van der Waals surface area contributed by atoms with E-state index in [9.17, 15) is 9.59 Å². The molecular weight excluding hydrogens is 502 g/mol. The van der Waals surface area contributed by atoms with Crippen molar-refractivity contribution in [2.45, 2.75) is 13.0 Å². The largest absolute Gasteiger partial charge is 0.497 e. The lowest BCUT2D eigenvalue weighted by Gasteiger charge is -2.27. The first-order valence-corrected chi connectivity index (χ1v) is 13.5. The van der Waals surface area contributed by atoms with Crippen molar-refractivity contribution < 1.29 is 14.3 Å². The molecular formula is C32H33N5O3. The van der Waals surface area contributed by atoms with Crippen molar-refractivity contribution >= 4 is 17.6 Å². The van der Waals surface area contributed by atoms with Gasteiger partial charge in [-0.15, -0.1) is 10.2 Å². The van der Waals surface area contributed by atoms with E-state index in [2.05, 4.69) is 15.1 Å². The van der Waals surface area contributed by atoms with Crippen LogP contribution in [-0.4, -0.2) is 71.6 Å². The molecule has 8 heteroatoms. The molecule has 5 rings (SSSR count). The Labute approximate surface area is 234 Å². The Balaban J connectivity index is 1.24. The van der Waals surface area contributed by atoms with Crippen LogP contribution in [0, 0.1) is 0 Å². The maximum Gasteiger partial charge on any atom is 0.254 e. The topological polar surface area (TPSA) is 78.9 Å². The predicted octanol–water partition coefficient (Wildman–Crippen LogP) is 4.53. The second-order valence-corrected chi connectivity index (χ2v) is 9.74. The molecule has 0 spiro atoms. The molecule has 204 valence electrons. The second-order valence-electron chi connectivity index (χ2n) is 9.74. The van der Waals surface area contributed by atoms with E-state index in [0.29, 0.717) is 31.7 Å². The number of ether oxygens (including phenoxy) is 1. The third-order valence-electron chi connectivity index (χ3n) is 7.04. The van der Waals surface area contributed by atoms with Gasteiger partial charge in [0.1, 0.15) is 12.3 Å². The Morgan fingerprint density at radius 3 is 2.33 bits per heavy atom. The van der Waals surface area contributed by atoms with Crippen LogP contribution in [0.5, 0.6) is 5.75 Å². The number of carbonyl (C=O) groups is 2. The van der Waals surface area contributed by atoms with Gasteiger partial charge in [-0.2, -0.15) is 0 Å². The molecule has 2 heterocycles. The summed E-state index contributed by atoms with van der Waals surface area (Å²) in [6.07, 6.45) is 0.802. The minimum Gasteiger partial charge on any atom is -0.497 e. The van der Waals surface area contributed by atoms with Crippen molar-refractivity contribution in [3.8, 4) is 17.0 Å². The van der Waals surface area contributed by atoms with Crippen LogP contribution in [-0.2, 0) is 11.3 Å². The molecule has 1 saturated heterocycles. The van der Waals surface area contributed by atoms with Crippen molar-refractivity contribution in [2.75, 3.05) is 44.7 Å². The van der Waals surface area contributed by atoms with Crippen molar-refractivity contribution in [3.63, 3.8) is 0 Å². The fraction of sp³-hybridized carbons (Fsp3) is 0.250. The Morgan fingerprint density at radius 1 is 0.825 bits per heavy atom. The zero-order chi connectivity index (χ0) is 27.7. The van der Waals surface area contributed by atoms with E-state index in [1.165, 1.54) is 0 Å². The number of nitrogens with zero attached hydrogens (tertiary/aromatic N) is 5. The molecule has 2 amide bonds. The highest BCUT2D eigenvalue weighted by Crippen LogP contribution is 2.23. The monoisotopic (exact) mass is 535 g/mol. The van der Waals surface area contributed by atoms with Gasteiger partial charge in [0.2, 0.25) is 5.91 Å². The summed E-state index contributed by atoms with van der Waals surface area (Å²) < 4.78 is 5.32. The van der Waals surface area contributed by atoms with Crippen LogP contribution in [0.4, 0.5) is 5.82 Å². The van der Waals surface area contributed by atoms with E-state index >= 15 is 0 Å². The fourth-order valence-electron chi connectivity index (χ4n) is 4.86. The first-order chi connectivity index (χ1) is 19.6. The number of rotatable bonds is 8. The van der Waals surface area contributed by atoms with Gasteiger partial charge in [-0.1, -0.05) is 60.7 Å². The zero-order valence-electron chi connectivity index (χ0n) is 22.6. The maximum absolute atomic E-state index is 13.5. The molecule has 1 aromatic heterocycles. The van der Waals surface area contributed by atoms with Gasteiger partial charge < -0.3 is 19.4 Å². The Morgan fingerprint density at radius 2 is 1.60 bits per heavy atom. The lowest BCUT2D eigenvalue weighted by Crippen LogP contribution is -2.44. The fourth-order valence-corrected chi connectivity index (χ4v) is 4.86. The summed E-state index contributed by atoms with van der Waals surface area (Å²) in [4.78, 5) is 32.5. The molecule has 0 N–H and O–H groups in total. The highest BCUT2D eigenvalue weighted by atomic mass is 16.5. The lowest BCUT2D eigenvalue weighted by atomic mass is 10.1. The normalized spacial score (nSPS) is 13.4. The Hall–Kier alpha value is -4.72. The molecule has 0 unspecified atom stereocenters. The van der Waals surface area contributed by atoms with E-state index in [-0.39, 0.29) is 18.4 Å². The number of aromatic nitrogens is 2. The van der Waals surface area contributed by atoms with Crippen molar-refractivity contribution in [2.24, 2.45) is 0 Å². The van der Waals surface area contributed by atoms with E-state index in [1.54, 1.807) is 24.1 Å². The standard InChI is InChI=1S/C32H33N5O3/c1-40-28-15-8-14-27(22-28)29-16-17-30(34-33-29)35-18-9-19-36(21-20-35)31(38)24-37(23-25-10-4-2-5-11-25)32(39)26-12-6-3-7-13-26/h2-8,10-17,22H,9,18-21,23-24H2,1H3. The first-order valence-electron chi connectivity index (χ1n) is 13.5. The minimum atomic E-state index is -0.152. The smallest absolute Gasteiger partial charge is 0.254 e. The van der Waals surface area contributed by atoms with Gasteiger partial charge in [-0.05, 0) is 48.4 Å². The van der Waals surface area contributed by atoms with Crippen LogP contribution < -0.4 is 9.64 Å². The molecule has 40 heavy (non-hydrogen) atoms. The van der Waals surface area contributed by atoms with Crippen LogP contribution in [0.15, 0.2) is 97.1 Å². The van der Waals surface area contributed by atoms with Crippen molar-refractivity contribution in [1.82, 2.24) is 20.0 Å². The van der Waals surface area contributed by atoms with E-state index in [1.807, 2.05) is 89.8 Å². The zero-order valence-corrected chi connectivity index (χ0v) is 22.6. The number of carbonyl (C=O) groups excluding carboxylic acids is 2. The number of methoxy groups -OCH3 is 1. The summed E-state index contributed by atoms with van der Waals surface area (Å²) in [5.74, 6) is 1.35. The quantitative estimate of drug-likeness (QED) is 0.330. The highest BCUT2D eigenvalue weighted by Gasteiger charge is 2.25. The summed E-state index contributed by atoms with van der Waals surface area (Å²) in [6, 6.07) is 30.6. The van der Waals surface area contributed by atoms with Crippen LogP contribution in [0.1, 0.15) is 22.3 Å². The second kappa shape index (κ2) is 12.9. The first kappa shape index (κ1) is 26.9. The van der Waals surface area contributed by atoms with Crippen LogP contribution in [0.3, 0.4) is 0 Å². The molecule has 1 aliphatic rings. The number of anilines is 1. The molecule has 8 nitrogen and oxygen atoms in total. The highest BCUT2D eigenvalue weighted by molar-refractivity contribution is 5.96. The molecule has 0 radical (unpaired) electrons. The Bertz CT molecular complexity index is 1410. The van der Waals surface area contributed by atoms with Crippen LogP contribution in [0.25, 0.3) is 11.3 Å². The Kier molecular flexibility index (Phi) is 8.66. The van der Waals surface area contributed by atoms with Gasteiger partial charge in [-0.3, -0.25) is 9.59 Å². The minimum absolute atomic E-state index is 0.0255. The molecule has 4 aromatic rings. The average molecular weight is 536 g/mol. The predicted molar refractivity (Wildman–Crippen MR) is 155 cm³/mol. The number of hydrogen-bond donors (Lipinski definition) is 0. The molecule has 3 aromatic carbocycles. The number of hydrogen-bond acceptors (Lipinski definition) is 6. The third-order valence-corrected chi connectivity index (χ3v) is 7.04. The molecule has 0 aliphatic carbocycles. The van der Waals surface area contributed by atoms with E-state index in [0.717, 1.165) is 41.4 Å². The number of benzene rings is 3. The van der Waals surface area contributed by atoms with Crippen LogP contribution in [0.2, 0.25) is 0 Å². The summed E-state index contributed by atoms with van der Waals surface area (Å²) >= 11 is 0. The van der Waals surface area contributed by atoms with Gasteiger partial charge in [0.05, 0.1) is 12.8 Å². The molecule has 0 saturated carbocycles. The summed E-state index contributed by atoms with van der Waals surface area (Å²) in [6.45, 7) is 2.99. The van der Waals surface area contributed by atoms with Gasteiger partial charge in [0.25, 0.3) is 5.91 Å². The molecule has 0 bridgehead atoms. The van der Waals surface area contributed by atoms with Gasteiger partial charge >= 0.3 is 0 Å². The average Bonchev–Trinajstić information content (AvgIpc) is 3.28.